The number of aromatic hydroxyl groups is 2. The summed E-state index contributed by atoms with van der Waals surface area (Å²) < 4.78 is 9.78. The van der Waals surface area contributed by atoms with Crippen molar-refractivity contribution in [2.45, 2.75) is 30.7 Å². The first-order valence-electron chi connectivity index (χ1n) is 6.52. The fraction of sp³-hybridized carbons (Fsp3) is 0.385. The summed E-state index contributed by atoms with van der Waals surface area (Å²) in [5.74, 6) is -5.43. The molecule has 0 bridgehead atoms. The molecule has 2 rings (SSSR count). The van der Waals surface area contributed by atoms with E-state index in [1.54, 1.807) is 0 Å². The van der Waals surface area contributed by atoms with Gasteiger partial charge in [-0.2, -0.15) is 0 Å². The number of phenolic OH excluding ortho intramolecular Hbond substituents is 2. The maximum atomic E-state index is 11.0. The number of aliphatic carboxylic acids is 1. The molecule has 132 valence electrons. The zero-order valence-electron chi connectivity index (χ0n) is 11.8. The minimum Gasteiger partial charge on any atom is -0.504 e. The molecular weight excluding hydrogens is 332 g/mol. The molecule has 0 amide bonds. The van der Waals surface area contributed by atoms with Crippen LogP contribution in [0.3, 0.4) is 0 Å². The first-order chi connectivity index (χ1) is 11.1. The van der Waals surface area contributed by atoms with Gasteiger partial charge in [-0.25, -0.2) is 9.59 Å². The first kappa shape index (κ1) is 17.7. The number of carboxylic acids is 2. The number of carboxylic acid groups (broad SMARTS) is 2. The van der Waals surface area contributed by atoms with Crippen LogP contribution in [-0.2, 0) is 9.53 Å². The molecular formula is C13H14O11. The lowest BCUT2D eigenvalue weighted by Gasteiger charge is -2.38. The zero-order valence-corrected chi connectivity index (χ0v) is 11.8. The molecule has 5 atom stereocenters. The van der Waals surface area contributed by atoms with Crippen LogP contribution in [0.2, 0.25) is 0 Å². The zero-order chi connectivity index (χ0) is 18.2. The third kappa shape index (κ3) is 3.19. The highest BCUT2D eigenvalue weighted by atomic mass is 16.7. The smallest absolute Gasteiger partial charge is 0.335 e. The topological polar surface area (TPSA) is 194 Å². The normalized spacial score (nSPS) is 29.9. The maximum Gasteiger partial charge on any atom is 0.335 e. The van der Waals surface area contributed by atoms with Crippen molar-refractivity contribution in [3.63, 3.8) is 0 Å². The molecule has 11 heteroatoms. The van der Waals surface area contributed by atoms with Crippen molar-refractivity contribution in [2.75, 3.05) is 0 Å². The van der Waals surface area contributed by atoms with E-state index in [0.717, 1.165) is 12.1 Å². The van der Waals surface area contributed by atoms with Gasteiger partial charge in [0.25, 0.3) is 0 Å². The number of aliphatic hydroxyl groups excluding tert-OH is 3. The van der Waals surface area contributed by atoms with E-state index >= 15 is 0 Å². The number of rotatable bonds is 4. The van der Waals surface area contributed by atoms with Crippen LogP contribution in [0.25, 0.3) is 0 Å². The van der Waals surface area contributed by atoms with Gasteiger partial charge in [-0.05, 0) is 12.1 Å². The molecule has 0 radical (unpaired) electrons. The van der Waals surface area contributed by atoms with Crippen molar-refractivity contribution < 1.29 is 54.8 Å². The molecule has 24 heavy (non-hydrogen) atoms. The second kappa shape index (κ2) is 6.49. The Kier molecular flexibility index (Phi) is 4.80. The SMILES string of the molecule is O=C(O)c1cc(O)c(O[C@@H]2O[C@H](C(=O)O)[C@@H](O)[C@H](O)[C@H]2O)c(O)c1. The molecule has 1 aliphatic rings. The summed E-state index contributed by atoms with van der Waals surface area (Å²) in [6.45, 7) is 0. The highest BCUT2D eigenvalue weighted by molar-refractivity contribution is 5.89. The Morgan fingerprint density at radius 3 is 1.96 bits per heavy atom. The average molecular weight is 346 g/mol. The minimum absolute atomic E-state index is 0.457. The van der Waals surface area contributed by atoms with E-state index in [9.17, 15) is 35.1 Å². The van der Waals surface area contributed by atoms with Crippen molar-refractivity contribution in [3.05, 3.63) is 17.7 Å². The van der Waals surface area contributed by atoms with Crippen LogP contribution < -0.4 is 4.74 Å². The summed E-state index contributed by atoms with van der Waals surface area (Å²) in [6, 6.07) is 1.49. The van der Waals surface area contributed by atoms with Gasteiger partial charge in [0.05, 0.1) is 5.56 Å². The summed E-state index contributed by atoms with van der Waals surface area (Å²) in [7, 11) is 0. The van der Waals surface area contributed by atoms with Gasteiger partial charge in [-0.3, -0.25) is 0 Å². The van der Waals surface area contributed by atoms with E-state index in [1.807, 2.05) is 0 Å². The van der Waals surface area contributed by atoms with E-state index in [4.69, 9.17) is 19.7 Å². The number of phenols is 2. The van der Waals surface area contributed by atoms with Crippen molar-refractivity contribution >= 4 is 11.9 Å². The van der Waals surface area contributed by atoms with Crippen LogP contribution in [0.15, 0.2) is 12.1 Å². The van der Waals surface area contributed by atoms with Gasteiger partial charge in [0.1, 0.15) is 18.3 Å². The van der Waals surface area contributed by atoms with Gasteiger partial charge < -0.3 is 45.2 Å². The summed E-state index contributed by atoms with van der Waals surface area (Å²) in [5, 5.41) is 66.1. The van der Waals surface area contributed by atoms with E-state index < -0.39 is 65.5 Å². The molecule has 0 saturated carbocycles. The summed E-state index contributed by atoms with van der Waals surface area (Å²) in [4.78, 5) is 21.8. The Hall–Kier alpha value is -2.60. The molecule has 1 aromatic rings. The monoisotopic (exact) mass is 346 g/mol. The Balaban J connectivity index is 2.29. The summed E-state index contributed by atoms with van der Waals surface area (Å²) >= 11 is 0. The van der Waals surface area contributed by atoms with Gasteiger partial charge in [0, 0.05) is 0 Å². The summed E-state index contributed by atoms with van der Waals surface area (Å²) in [6.07, 6.45) is -9.58. The fourth-order valence-electron chi connectivity index (χ4n) is 2.11. The molecule has 1 saturated heterocycles. The molecule has 1 heterocycles. The number of hydrogen-bond acceptors (Lipinski definition) is 9. The predicted molar refractivity (Wildman–Crippen MR) is 71.7 cm³/mol. The van der Waals surface area contributed by atoms with E-state index in [1.165, 1.54) is 0 Å². The Bertz CT molecular complexity index is 634. The summed E-state index contributed by atoms with van der Waals surface area (Å²) in [5.41, 5.74) is -0.457. The van der Waals surface area contributed by atoms with Crippen LogP contribution in [-0.4, -0.2) is 78.4 Å². The highest BCUT2D eigenvalue weighted by Gasteiger charge is 2.48. The van der Waals surface area contributed by atoms with Crippen LogP contribution in [0.1, 0.15) is 10.4 Å². The Morgan fingerprint density at radius 1 is 0.958 bits per heavy atom. The van der Waals surface area contributed by atoms with Gasteiger partial charge in [-0.1, -0.05) is 0 Å². The van der Waals surface area contributed by atoms with Gasteiger partial charge in [0.2, 0.25) is 12.0 Å². The number of ether oxygens (including phenoxy) is 2. The minimum atomic E-state index is -1.94. The molecule has 0 aromatic heterocycles. The van der Waals surface area contributed by atoms with Crippen LogP contribution in [0.5, 0.6) is 17.2 Å². The Morgan fingerprint density at radius 2 is 1.50 bits per heavy atom. The molecule has 11 nitrogen and oxygen atoms in total. The second-order valence-corrected chi connectivity index (χ2v) is 5.00. The molecule has 0 unspecified atom stereocenters. The third-order valence-electron chi connectivity index (χ3n) is 3.34. The fourth-order valence-corrected chi connectivity index (χ4v) is 2.11. The molecule has 0 spiro atoms. The van der Waals surface area contributed by atoms with Crippen molar-refractivity contribution in [1.82, 2.24) is 0 Å². The number of hydrogen-bond donors (Lipinski definition) is 7. The molecule has 1 aromatic carbocycles. The Labute approximate surface area is 133 Å². The van der Waals surface area contributed by atoms with E-state index in [-0.39, 0.29) is 0 Å². The van der Waals surface area contributed by atoms with Gasteiger partial charge >= 0.3 is 11.9 Å². The van der Waals surface area contributed by atoms with Crippen molar-refractivity contribution in [1.29, 1.82) is 0 Å². The number of benzene rings is 1. The van der Waals surface area contributed by atoms with Crippen LogP contribution in [0.4, 0.5) is 0 Å². The highest BCUT2D eigenvalue weighted by Crippen LogP contribution is 2.39. The third-order valence-corrected chi connectivity index (χ3v) is 3.34. The number of aliphatic hydroxyl groups is 3. The van der Waals surface area contributed by atoms with Gasteiger partial charge in [-0.15, -0.1) is 0 Å². The van der Waals surface area contributed by atoms with E-state index in [2.05, 4.69) is 0 Å². The predicted octanol–water partition coefficient (Wildman–Crippen LogP) is -1.93. The lowest BCUT2D eigenvalue weighted by atomic mass is 9.99. The molecule has 1 aliphatic heterocycles. The van der Waals surface area contributed by atoms with Crippen molar-refractivity contribution in [2.24, 2.45) is 0 Å². The van der Waals surface area contributed by atoms with Gasteiger partial charge in [0.15, 0.2) is 17.6 Å². The lowest BCUT2D eigenvalue weighted by Crippen LogP contribution is -2.61. The standard InChI is InChI=1S/C13H14O11/c14-4-1-3(11(19)20)2-5(15)9(4)23-13-8(18)6(16)7(17)10(24-13)12(21)22/h1-2,6-8,10,13-18H,(H,19,20)(H,21,22)/t6-,7-,8+,10-,13+/m0/s1. The second-order valence-electron chi connectivity index (χ2n) is 5.00. The number of carbonyl (C=O) groups is 2. The van der Waals surface area contributed by atoms with Crippen molar-refractivity contribution in [3.8, 4) is 17.2 Å². The maximum absolute atomic E-state index is 11.0. The molecule has 0 aliphatic carbocycles. The van der Waals surface area contributed by atoms with E-state index in [0.29, 0.717) is 0 Å². The van der Waals surface area contributed by atoms with Crippen LogP contribution in [0, 0.1) is 0 Å². The first-order valence-corrected chi connectivity index (χ1v) is 6.52. The quantitative estimate of drug-likeness (QED) is 0.321. The molecule has 7 N–H and O–H groups in total. The van der Waals surface area contributed by atoms with Crippen LogP contribution >= 0.6 is 0 Å². The molecule has 1 fully saturated rings. The lowest BCUT2D eigenvalue weighted by molar-refractivity contribution is -0.271. The average Bonchev–Trinajstić information content (AvgIpc) is 2.49. The number of aromatic carboxylic acids is 1. The largest absolute Gasteiger partial charge is 0.504 e.